The van der Waals surface area contributed by atoms with Gasteiger partial charge in [0.25, 0.3) is 0 Å². The van der Waals surface area contributed by atoms with Crippen LogP contribution in [0.1, 0.15) is 21.7 Å². The minimum absolute atomic E-state index is 0.00958. The van der Waals surface area contributed by atoms with Crippen LogP contribution in [0.25, 0.3) is 0 Å². The molecule has 3 rings (SSSR count). The molecule has 20 heavy (non-hydrogen) atoms. The van der Waals surface area contributed by atoms with Crippen LogP contribution in [0.3, 0.4) is 0 Å². The van der Waals surface area contributed by atoms with Crippen LogP contribution in [0.4, 0.5) is 0 Å². The topological polar surface area (TPSA) is 18.5 Å². The molecule has 0 aliphatic carbocycles. The standard InChI is InChI=1S/C14H11BrCl2O2S/c15-14(12-2-3-13(17)20-12)8-6-10-11(7-9(8)16)19-5-1-4-18-10/h2-3,6-7,14H,1,4-5H2. The second-order valence-corrected chi connectivity index (χ2v) is 7.44. The largest absolute Gasteiger partial charge is 0.490 e. The van der Waals surface area contributed by atoms with Gasteiger partial charge in [0.05, 0.1) is 22.4 Å². The van der Waals surface area contributed by atoms with Crippen molar-refractivity contribution in [2.24, 2.45) is 0 Å². The highest BCUT2D eigenvalue weighted by Gasteiger charge is 2.20. The van der Waals surface area contributed by atoms with Crippen LogP contribution in [-0.2, 0) is 0 Å². The van der Waals surface area contributed by atoms with Crippen molar-refractivity contribution in [1.82, 2.24) is 0 Å². The van der Waals surface area contributed by atoms with Gasteiger partial charge in [0.15, 0.2) is 11.5 Å². The van der Waals surface area contributed by atoms with E-state index in [1.165, 1.54) is 11.3 Å². The minimum Gasteiger partial charge on any atom is -0.490 e. The fraction of sp³-hybridized carbons (Fsp3) is 0.286. The van der Waals surface area contributed by atoms with E-state index in [4.69, 9.17) is 32.7 Å². The first kappa shape index (κ1) is 14.5. The summed E-state index contributed by atoms with van der Waals surface area (Å²) in [4.78, 5) is 1.09. The number of halogens is 3. The molecule has 106 valence electrons. The van der Waals surface area contributed by atoms with Crippen LogP contribution in [0.2, 0.25) is 9.36 Å². The third-order valence-electron chi connectivity index (χ3n) is 2.98. The van der Waals surface area contributed by atoms with E-state index < -0.39 is 0 Å². The summed E-state index contributed by atoms with van der Waals surface area (Å²) >= 11 is 17.6. The maximum absolute atomic E-state index is 6.37. The lowest BCUT2D eigenvalue weighted by Crippen LogP contribution is -1.97. The number of fused-ring (bicyclic) bond motifs is 1. The lowest BCUT2D eigenvalue weighted by atomic mass is 10.1. The Morgan fingerprint density at radius 2 is 1.80 bits per heavy atom. The Morgan fingerprint density at radius 1 is 1.10 bits per heavy atom. The Kier molecular flexibility index (Phi) is 4.46. The molecule has 0 saturated heterocycles. The SMILES string of the molecule is Clc1ccc(C(Br)c2cc3c(cc2Cl)OCCCO3)s1. The van der Waals surface area contributed by atoms with Crippen molar-refractivity contribution in [2.75, 3.05) is 13.2 Å². The van der Waals surface area contributed by atoms with Gasteiger partial charge in [0, 0.05) is 22.4 Å². The third kappa shape index (κ3) is 2.93. The van der Waals surface area contributed by atoms with Crippen LogP contribution < -0.4 is 9.47 Å². The molecule has 2 heterocycles. The van der Waals surface area contributed by atoms with Crippen LogP contribution in [0, 0.1) is 0 Å². The molecular formula is C14H11BrCl2O2S. The molecule has 1 atom stereocenters. The summed E-state index contributed by atoms with van der Waals surface area (Å²) in [6.07, 6.45) is 0.875. The van der Waals surface area contributed by atoms with Crippen LogP contribution in [-0.4, -0.2) is 13.2 Å². The molecule has 0 bridgehead atoms. The van der Waals surface area contributed by atoms with Gasteiger partial charge >= 0.3 is 0 Å². The van der Waals surface area contributed by atoms with Gasteiger partial charge in [0.1, 0.15) is 0 Å². The van der Waals surface area contributed by atoms with Crippen molar-refractivity contribution < 1.29 is 9.47 Å². The molecule has 1 aliphatic rings. The fourth-order valence-electron chi connectivity index (χ4n) is 2.01. The van der Waals surface area contributed by atoms with E-state index in [2.05, 4.69) is 15.9 Å². The molecule has 0 spiro atoms. The lowest BCUT2D eigenvalue weighted by molar-refractivity contribution is 0.297. The summed E-state index contributed by atoms with van der Waals surface area (Å²) < 4.78 is 12.1. The molecule has 1 aromatic heterocycles. The lowest BCUT2D eigenvalue weighted by Gasteiger charge is -2.14. The second kappa shape index (κ2) is 6.14. The summed E-state index contributed by atoms with van der Waals surface area (Å²) in [7, 11) is 0. The first-order chi connectivity index (χ1) is 9.65. The van der Waals surface area contributed by atoms with Gasteiger partial charge in [-0.2, -0.15) is 0 Å². The summed E-state index contributed by atoms with van der Waals surface area (Å²) in [5.74, 6) is 1.45. The molecule has 0 amide bonds. The zero-order valence-corrected chi connectivity index (χ0v) is 14.3. The number of alkyl halides is 1. The summed E-state index contributed by atoms with van der Waals surface area (Å²) in [5, 5.41) is 0.653. The van der Waals surface area contributed by atoms with Gasteiger partial charge in [-0.25, -0.2) is 0 Å². The van der Waals surface area contributed by atoms with Crippen molar-refractivity contribution in [1.29, 1.82) is 0 Å². The van der Waals surface area contributed by atoms with E-state index in [9.17, 15) is 0 Å². The summed E-state index contributed by atoms with van der Waals surface area (Å²) in [5.41, 5.74) is 0.953. The Morgan fingerprint density at radius 3 is 2.45 bits per heavy atom. The molecule has 1 aliphatic heterocycles. The summed E-state index contributed by atoms with van der Waals surface area (Å²) in [6.45, 7) is 1.31. The van der Waals surface area contributed by atoms with Crippen molar-refractivity contribution >= 4 is 50.5 Å². The van der Waals surface area contributed by atoms with E-state index in [-0.39, 0.29) is 4.83 Å². The predicted octanol–water partition coefficient (Wildman–Crippen LogP) is 5.70. The molecule has 0 saturated carbocycles. The number of rotatable bonds is 2. The number of benzene rings is 1. The van der Waals surface area contributed by atoms with E-state index in [1.54, 1.807) is 0 Å². The Hall–Kier alpha value is -0.420. The highest BCUT2D eigenvalue weighted by atomic mass is 79.9. The Balaban J connectivity index is 1.99. The van der Waals surface area contributed by atoms with Gasteiger partial charge in [-0.1, -0.05) is 39.1 Å². The van der Waals surface area contributed by atoms with E-state index in [0.29, 0.717) is 24.0 Å². The van der Waals surface area contributed by atoms with E-state index in [1.807, 2.05) is 24.3 Å². The van der Waals surface area contributed by atoms with Gasteiger partial charge < -0.3 is 9.47 Å². The molecule has 2 nitrogen and oxygen atoms in total. The molecule has 0 radical (unpaired) electrons. The number of thiophene rings is 1. The van der Waals surface area contributed by atoms with Crippen molar-refractivity contribution in [2.45, 2.75) is 11.2 Å². The fourth-order valence-corrected chi connectivity index (χ4v) is 4.28. The maximum atomic E-state index is 6.37. The van der Waals surface area contributed by atoms with E-state index >= 15 is 0 Å². The van der Waals surface area contributed by atoms with Gasteiger partial charge in [-0.15, -0.1) is 11.3 Å². The smallest absolute Gasteiger partial charge is 0.162 e. The number of hydrogen-bond acceptors (Lipinski definition) is 3. The Labute approximate surface area is 139 Å². The van der Waals surface area contributed by atoms with Crippen LogP contribution in [0.5, 0.6) is 11.5 Å². The monoisotopic (exact) mass is 392 g/mol. The molecule has 0 fully saturated rings. The zero-order valence-electron chi connectivity index (χ0n) is 10.4. The second-order valence-electron chi connectivity index (χ2n) is 4.38. The number of hydrogen-bond donors (Lipinski definition) is 0. The van der Waals surface area contributed by atoms with E-state index in [0.717, 1.165) is 26.9 Å². The van der Waals surface area contributed by atoms with Crippen molar-refractivity contribution in [3.05, 3.63) is 44.1 Å². The highest BCUT2D eigenvalue weighted by Crippen LogP contribution is 2.44. The molecular weight excluding hydrogens is 383 g/mol. The average Bonchev–Trinajstić information content (AvgIpc) is 2.73. The van der Waals surface area contributed by atoms with Crippen LogP contribution in [0.15, 0.2) is 24.3 Å². The Bertz CT molecular complexity index is 630. The normalized spacial score (nSPS) is 15.8. The first-order valence-corrected chi connectivity index (χ1v) is 8.62. The molecule has 6 heteroatoms. The molecule has 1 aromatic carbocycles. The first-order valence-electron chi connectivity index (χ1n) is 6.13. The molecule has 0 N–H and O–H groups in total. The molecule has 2 aromatic rings. The molecule has 1 unspecified atom stereocenters. The van der Waals surface area contributed by atoms with Crippen LogP contribution >= 0.6 is 50.5 Å². The van der Waals surface area contributed by atoms with Crippen molar-refractivity contribution in [3.8, 4) is 11.5 Å². The maximum Gasteiger partial charge on any atom is 0.162 e. The van der Waals surface area contributed by atoms with Gasteiger partial charge in [-0.3, -0.25) is 0 Å². The predicted molar refractivity (Wildman–Crippen MR) is 87.2 cm³/mol. The quantitative estimate of drug-likeness (QED) is 0.609. The zero-order chi connectivity index (χ0) is 14.1. The third-order valence-corrected chi connectivity index (χ3v) is 5.90. The van der Waals surface area contributed by atoms with Crippen molar-refractivity contribution in [3.63, 3.8) is 0 Å². The number of ether oxygens (including phenoxy) is 2. The summed E-state index contributed by atoms with van der Waals surface area (Å²) in [6, 6.07) is 7.63. The highest BCUT2D eigenvalue weighted by molar-refractivity contribution is 9.09. The van der Waals surface area contributed by atoms with Gasteiger partial charge in [-0.05, 0) is 23.8 Å². The minimum atomic E-state index is -0.00958. The van der Waals surface area contributed by atoms with Gasteiger partial charge in [0.2, 0.25) is 0 Å². The average molecular weight is 394 g/mol.